The van der Waals surface area contributed by atoms with E-state index in [4.69, 9.17) is 4.18 Å². The highest BCUT2D eigenvalue weighted by atomic mass is 32.2. The van der Waals surface area contributed by atoms with Crippen molar-refractivity contribution >= 4 is 10.1 Å². The zero-order valence-corrected chi connectivity index (χ0v) is 16.5. The smallest absolute Gasteiger partial charge is 0.266 e. The second-order valence-electron chi connectivity index (χ2n) is 7.84. The molecule has 0 unspecified atom stereocenters. The summed E-state index contributed by atoms with van der Waals surface area (Å²) in [6, 6.07) is 23.9. The second-order valence-corrected chi connectivity index (χ2v) is 9.45. The summed E-state index contributed by atoms with van der Waals surface area (Å²) >= 11 is 0. The number of aryl methyl sites for hydroxylation is 1. The van der Waals surface area contributed by atoms with Gasteiger partial charge in [-0.05, 0) is 53.6 Å². The van der Waals surface area contributed by atoms with Gasteiger partial charge in [0.05, 0.1) is 11.5 Å². The standard InChI is InChI=1S/C24H22O3S/c1-16-10-12-18(13-11-16)28(25,26)27-15-17-14-23-19-6-2-4-8-21(19)24(17)22-9-5-3-7-20(22)23/h2-13,17,23-24H,14-15H2,1H3/t17-,23?,24?/m0/s1. The maximum absolute atomic E-state index is 12.7. The molecule has 3 aliphatic carbocycles. The Balaban J connectivity index is 1.46. The SMILES string of the molecule is Cc1ccc(S(=O)(=O)OC[C@@H]2CC3c4ccccc4C2c2ccccc23)cc1. The zero-order chi connectivity index (χ0) is 19.3. The number of rotatable bonds is 4. The van der Waals surface area contributed by atoms with Crippen LogP contribution < -0.4 is 0 Å². The molecule has 4 heteroatoms. The number of benzene rings is 3. The molecule has 0 N–H and O–H groups in total. The van der Waals surface area contributed by atoms with Crippen molar-refractivity contribution in [3.63, 3.8) is 0 Å². The predicted molar refractivity (Wildman–Crippen MR) is 109 cm³/mol. The van der Waals surface area contributed by atoms with Crippen molar-refractivity contribution in [3.05, 3.63) is 101 Å². The van der Waals surface area contributed by atoms with Crippen molar-refractivity contribution < 1.29 is 12.6 Å². The molecule has 0 heterocycles. The van der Waals surface area contributed by atoms with Crippen LogP contribution in [0.15, 0.2) is 77.7 Å². The fourth-order valence-electron chi connectivity index (χ4n) is 4.87. The van der Waals surface area contributed by atoms with Gasteiger partial charge >= 0.3 is 0 Å². The quantitative estimate of drug-likeness (QED) is 0.589. The summed E-state index contributed by atoms with van der Waals surface area (Å²) in [6.07, 6.45) is 0.919. The molecule has 142 valence electrons. The molecule has 2 bridgehead atoms. The molecule has 0 aromatic heterocycles. The van der Waals surface area contributed by atoms with Crippen molar-refractivity contribution in [2.45, 2.75) is 30.1 Å². The van der Waals surface area contributed by atoms with Crippen molar-refractivity contribution in [3.8, 4) is 0 Å². The van der Waals surface area contributed by atoms with E-state index in [2.05, 4.69) is 48.5 Å². The van der Waals surface area contributed by atoms with E-state index in [0.717, 1.165) is 12.0 Å². The van der Waals surface area contributed by atoms with Crippen molar-refractivity contribution in [2.75, 3.05) is 6.61 Å². The summed E-state index contributed by atoms with van der Waals surface area (Å²) in [6.45, 7) is 2.14. The summed E-state index contributed by atoms with van der Waals surface area (Å²) in [5.41, 5.74) is 6.42. The maximum atomic E-state index is 12.7. The molecule has 3 aromatic rings. The first-order valence-electron chi connectivity index (χ1n) is 9.68. The summed E-state index contributed by atoms with van der Waals surface area (Å²) in [5.74, 6) is 0.647. The van der Waals surface area contributed by atoms with Crippen LogP contribution in [0, 0.1) is 12.8 Å². The largest absolute Gasteiger partial charge is 0.296 e. The summed E-state index contributed by atoms with van der Waals surface area (Å²) in [5, 5.41) is 0. The lowest BCUT2D eigenvalue weighted by molar-refractivity contribution is 0.209. The van der Waals surface area contributed by atoms with Gasteiger partial charge in [-0.2, -0.15) is 8.42 Å². The molecule has 0 fully saturated rings. The van der Waals surface area contributed by atoms with Crippen LogP contribution in [0.25, 0.3) is 0 Å². The molecule has 0 radical (unpaired) electrons. The van der Waals surface area contributed by atoms with Gasteiger partial charge in [-0.15, -0.1) is 0 Å². The minimum absolute atomic E-state index is 0.148. The monoisotopic (exact) mass is 390 g/mol. The van der Waals surface area contributed by atoms with E-state index in [9.17, 15) is 8.42 Å². The van der Waals surface area contributed by atoms with Crippen molar-refractivity contribution in [1.82, 2.24) is 0 Å². The molecule has 3 nitrogen and oxygen atoms in total. The van der Waals surface area contributed by atoms with Crippen LogP contribution in [-0.2, 0) is 14.3 Å². The highest BCUT2D eigenvalue weighted by Gasteiger charge is 2.43. The first kappa shape index (κ1) is 17.7. The topological polar surface area (TPSA) is 43.4 Å². The molecule has 0 amide bonds. The minimum Gasteiger partial charge on any atom is -0.266 e. The van der Waals surface area contributed by atoms with Crippen LogP contribution >= 0.6 is 0 Å². The van der Waals surface area contributed by atoms with E-state index in [-0.39, 0.29) is 23.3 Å². The second kappa shape index (κ2) is 6.57. The van der Waals surface area contributed by atoms with Crippen LogP contribution in [0.1, 0.15) is 46.1 Å². The molecular formula is C24H22O3S. The van der Waals surface area contributed by atoms with E-state index >= 15 is 0 Å². The van der Waals surface area contributed by atoms with Gasteiger partial charge in [0.15, 0.2) is 0 Å². The highest BCUT2D eigenvalue weighted by molar-refractivity contribution is 7.86. The van der Waals surface area contributed by atoms with Gasteiger partial charge in [0.25, 0.3) is 10.1 Å². The average Bonchev–Trinajstić information content (AvgIpc) is 2.73. The van der Waals surface area contributed by atoms with Crippen LogP contribution in [0.5, 0.6) is 0 Å². The molecule has 6 rings (SSSR count). The molecule has 0 saturated carbocycles. The average molecular weight is 391 g/mol. The Hall–Kier alpha value is -2.43. The van der Waals surface area contributed by atoms with E-state index in [0.29, 0.717) is 5.92 Å². The fourth-order valence-corrected chi connectivity index (χ4v) is 5.83. The molecule has 28 heavy (non-hydrogen) atoms. The molecule has 0 spiro atoms. The van der Waals surface area contributed by atoms with E-state index < -0.39 is 10.1 Å². The molecule has 3 aliphatic rings. The molecule has 1 atom stereocenters. The number of hydrogen-bond donors (Lipinski definition) is 0. The van der Waals surface area contributed by atoms with Crippen molar-refractivity contribution in [2.24, 2.45) is 5.92 Å². The van der Waals surface area contributed by atoms with Gasteiger partial charge in [-0.3, -0.25) is 4.18 Å². The normalized spacial score (nSPS) is 22.5. The first-order valence-corrected chi connectivity index (χ1v) is 11.1. The number of fused-ring (bicyclic) bond motifs is 1. The Labute approximate surface area is 166 Å². The van der Waals surface area contributed by atoms with E-state index in [1.165, 1.54) is 22.3 Å². The van der Waals surface area contributed by atoms with Crippen LogP contribution in [0.2, 0.25) is 0 Å². The lowest BCUT2D eigenvalue weighted by Crippen LogP contribution is -2.34. The van der Waals surface area contributed by atoms with Crippen LogP contribution in [0.3, 0.4) is 0 Å². The van der Waals surface area contributed by atoms with Crippen LogP contribution in [0.4, 0.5) is 0 Å². The summed E-state index contributed by atoms with van der Waals surface area (Å²) in [7, 11) is -3.75. The Morgan fingerprint density at radius 1 is 0.821 bits per heavy atom. The van der Waals surface area contributed by atoms with Crippen LogP contribution in [-0.4, -0.2) is 15.0 Å². The Kier molecular flexibility index (Phi) is 4.14. The van der Waals surface area contributed by atoms with Crippen molar-refractivity contribution in [1.29, 1.82) is 0 Å². The predicted octanol–water partition coefficient (Wildman–Crippen LogP) is 5.00. The Morgan fingerprint density at radius 3 is 1.93 bits per heavy atom. The van der Waals surface area contributed by atoms with Gasteiger partial charge in [-0.1, -0.05) is 66.2 Å². The van der Waals surface area contributed by atoms with Gasteiger partial charge in [-0.25, -0.2) is 0 Å². The lowest BCUT2D eigenvalue weighted by Gasteiger charge is -2.45. The van der Waals surface area contributed by atoms with Gasteiger partial charge in [0.2, 0.25) is 0 Å². The van der Waals surface area contributed by atoms with E-state index in [1.807, 2.05) is 6.92 Å². The molecule has 3 aromatic carbocycles. The summed E-state index contributed by atoms with van der Waals surface area (Å²) < 4.78 is 30.9. The van der Waals surface area contributed by atoms with Gasteiger partial charge < -0.3 is 0 Å². The molecular weight excluding hydrogens is 368 g/mol. The fraction of sp³-hybridized carbons (Fsp3) is 0.250. The maximum Gasteiger partial charge on any atom is 0.296 e. The zero-order valence-electron chi connectivity index (χ0n) is 15.7. The molecule has 0 saturated heterocycles. The highest BCUT2D eigenvalue weighted by Crippen LogP contribution is 2.55. The van der Waals surface area contributed by atoms with Gasteiger partial charge in [0, 0.05) is 11.8 Å². The third-order valence-electron chi connectivity index (χ3n) is 6.17. The summed E-state index contributed by atoms with van der Waals surface area (Å²) in [4.78, 5) is 0.222. The third-order valence-corrected chi connectivity index (χ3v) is 7.47. The van der Waals surface area contributed by atoms with E-state index in [1.54, 1.807) is 24.3 Å². The lowest BCUT2D eigenvalue weighted by atomic mass is 9.59. The third kappa shape index (κ3) is 2.79. The molecule has 0 aliphatic heterocycles. The Bertz CT molecular complexity index is 1090. The van der Waals surface area contributed by atoms with Gasteiger partial charge in [0.1, 0.15) is 0 Å². The minimum atomic E-state index is -3.75. The Morgan fingerprint density at radius 2 is 1.36 bits per heavy atom. The number of hydrogen-bond acceptors (Lipinski definition) is 3. The first-order chi connectivity index (χ1) is 13.5.